The lowest BCUT2D eigenvalue weighted by Crippen LogP contribution is -2.31. The molecule has 94 valence electrons. The summed E-state index contributed by atoms with van der Waals surface area (Å²) in [6, 6.07) is 0. The molecule has 0 radical (unpaired) electrons. The first-order valence-corrected chi connectivity index (χ1v) is 5.90. The van der Waals surface area contributed by atoms with Crippen molar-refractivity contribution in [3.8, 4) is 0 Å². The van der Waals surface area contributed by atoms with Crippen LogP contribution in [0.4, 0.5) is 0 Å². The van der Waals surface area contributed by atoms with Crippen LogP contribution in [0.3, 0.4) is 0 Å². The maximum Gasteiger partial charge on any atom is 0.303 e. The molecule has 0 spiro atoms. The molecule has 0 aliphatic heterocycles. The minimum atomic E-state index is -0.624. The third-order valence-corrected chi connectivity index (χ3v) is 2.79. The van der Waals surface area contributed by atoms with Crippen molar-refractivity contribution in [3.05, 3.63) is 0 Å². The molecule has 0 saturated heterocycles. The van der Waals surface area contributed by atoms with Crippen LogP contribution in [0.1, 0.15) is 20.3 Å². The fourth-order valence-corrected chi connectivity index (χ4v) is 2.19. The molecule has 0 aromatic carbocycles. The van der Waals surface area contributed by atoms with E-state index < -0.39 is 17.7 Å². The van der Waals surface area contributed by atoms with E-state index in [1.54, 1.807) is 0 Å². The zero-order valence-corrected chi connectivity index (χ0v) is 10.8. The van der Waals surface area contributed by atoms with Gasteiger partial charge in [-0.2, -0.15) is 0 Å². The van der Waals surface area contributed by atoms with E-state index in [0.717, 1.165) is 0 Å². The second-order valence-electron chi connectivity index (χ2n) is 3.14. The minimum absolute atomic E-state index is 0.0976. The van der Waals surface area contributed by atoms with Crippen molar-refractivity contribution in [3.63, 3.8) is 0 Å². The normalized spacial score (nSPS) is 12.6. The van der Waals surface area contributed by atoms with Crippen LogP contribution in [0.25, 0.3) is 0 Å². The summed E-state index contributed by atoms with van der Waals surface area (Å²) >= 11 is 1.32. The Morgan fingerprint density at radius 1 is 1.19 bits per heavy atom. The lowest BCUT2D eigenvalue weighted by molar-refractivity contribution is -0.171. The van der Waals surface area contributed by atoms with Gasteiger partial charge in [-0.25, -0.2) is 0 Å². The van der Waals surface area contributed by atoms with Crippen molar-refractivity contribution in [1.82, 2.24) is 0 Å². The summed E-state index contributed by atoms with van der Waals surface area (Å²) in [7, 11) is 2.94. The van der Waals surface area contributed by atoms with Gasteiger partial charge in [-0.15, -0.1) is 11.8 Å². The molecule has 0 rings (SSSR count). The van der Waals surface area contributed by atoms with Crippen LogP contribution in [-0.4, -0.2) is 43.5 Å². The highest BCUT2D eigenvalue weighted by molar-refractivity contribution is 7.99. The Kier molecular flexibility index (Phi) is 8.23. The predicted molar refractivity (Wildman–Crippen MR) is 61.1 cm³/mol. The SMILES string of the molecule is COC(OC)C(OC(C)=O)SCCC(C)=O. The maximum absolute atomic E-state index is 10.9. The molecule has 0 fully saturated rings. The third-order valence-electron chi connectivity index (χ3n) is 1.71. The first kappa shape index (κ1) is 15.4. The summed E-state index contributed by atoms with van der Waals surface area (Å²) in [6.45, 7) is 2.84. The Labute approximate surface area is 99.8 Å². The molecule has 0 heterocycles. The van der Waals surface area contributed by atoms with E-state index in [-0.39, 0.29) is 5.78 Å². The molecule has 16 heavy (non-hydrogen) atoms. The van der Waals surface area contributed by atoms with E-state index in [9.17, 15) is 9.59 Å². The number of thioether (sulfide) groups is 1. The molecule has 1 atom stereocenters. The van der Waals surface area contributed by atoms with Crippen LogP contribution in [0, 0.1) is 0 Å². The Balaban J connectivity index is 4.18. The highest BCUT2D eigenvalue weighted by Gasteiger charge is 2.24. The third kappa shape index (κ3) is 6.81. The second-order valence-corrected chi connectivity index (χ2v) is 4.35. The molecule has 0 aromatic heterocycles. The molecule has 0 aromatic rings. The van der Waals surface area contributed by atoms with Crippen LogP contribution in [0.15, 0.2) is 0 Å². The summed E-state index contributed by atoms with van der Waals surface area (Å²) in [5.74, 6) is 0.260. The Hall–Kier alpha value is -0.590. The summed E-state index contributed by atoms with van der Waals surface area (Å²) in [4.78, 5) is 21.6. The average Bonchev–Trinajstić information content (AvgIpc) is 2.17. The number of rotatable bonds is 8. The molecule has 5 nitrogen and oxygen atoms in total. The first-order valence-electron chi connectivity index (χ1n) is 4.85. The Morgan fingerprint density at radius 2 is 1.75 bits per heavy atom. The average molecular weight is 250 g/mol. The largest absolute Gasteiger partial charge is 0.446 e. The summed E-state index contributed by atoms with van der Waals surface area (Å²) in [5.41, 5.74) is -0.549. The van der Waals surface area contributed by atoms with Crippen molar-refractivity contribution >= 4 is 23.5 Å². The van der Waals surface area contributed by atoms with E-state index >= 15 is 0 Å². The van der Waals surface area contributed by atoms with Gasteiger partial charge in [-0.1, -0.05) is 0 Å². The molecule has 0 aliphatic rings. The number of ether oxygens (including phenoxy) is 3. The number of ketones is 1. The fraction of sp³-hybridized carbons (Fsp3) is 0.800. The highest BCUT2D eigenvalue weighted by atomic mass is 32.2. The van der Waals surface area contributed by atoms with Crippen LogP contribution in [-0.2, 0) is 23.8 Å². The van der Waals surface area contributed by atoms with Crippen molar-refractivity contribution in [2.75, 3.05) is 20.0 Å². The van der Waals surface area contributed by atoms with E-state index in [1.165, 1.54) is 39.8 Å². The number of hydrogen-bond donors (Lipinski definition) is 0. The predicted octanol–water partition coefficient (Wildman–Crippen LogP) is 1.21. The van der Waals surface area contributed by atoms with E-state index in [2.05, 4.69) is 0 Å². The van der Waals surface area contributed by atoms with Gasteiger partial charge >= 0.3 is 5.97 Å². The number of carbonyl (C=O) groups is 2. The van der Waals surface area contributed by atoms with E-state index in [0.29, 0.717) is 12.2 Å². The standard InChI is InChI=1S/C10H18O5S/c1-7(11)5-6-16-10(15-8(2)12)9(13-3)14-4/h9-10H,5-6H2,1-4H3. The Bertz CT molecular complexity index is 227. The smallest absolute Gasteiger partial charge is 0.303 e. The molecule has 0 N–H and O–H groups in total. The molecular formula is C10H18O5S. The minimum Gasteiger partial charge on any atom is -0.446 e. The number of carbonyl (C=O) groups excluding carboxylic acids is 2. The number of Topliss-reactive ketones (excluding diaryl/α,β-unsaturated/α-hetero) is 1. The number of methoxy groups -OCH3 is 2. The molecule has 6 heteroatoms. The first-order chi connectivity index (χ1) is 7.51. The van der Waals surface area contributed by atoms with Crippen molar-refractivity contribution < 1.29 is 23.8 Å². The quantitative estimate of drug-likeness (QED) is 0.476. The Morgan fingerprint density at radius 3 is 2.12 bits per heavy atom. The van der Waals surface area contributed by atoms with Gasteiger partial charge in [-0.3, -0.25) is 9.59 Å². The number of hydrogen-bond acceptors (Lipinski definition) is 6. The van der Waals surface area contributed by atoms with Crippen molar-refractivity contribution in [2.24, 2.45) is 0 Å². The van der Waals surface area contributed by atoms with Crippen LogP contribution in [0.2, 0.25) is 0 Å². The fourth-order valence-electron chi connectivity index (χ4n) is 0.969. The van der Waals surface area contributed by atoms with Gasteiger partial charge in [0.05, 0.1) is 0 Å². The van der Waals surface area contributed by atoms with Gasteiger partial charge in [0.1, 0.15) is 5.78 Å². The van der Waals surface area contributed by atoms with E-state index in [1.807, 2.05) is 0 Å². The van der Waals surface area contributed by atoms with Gasteiger partial charge < -0.3 is 14.2 Å². The topological polar surface area (TPSA) is 61.8 Å². The molecule has 0 aliphatic carbocycles. The van der Waals surface area contributed by atoms with Gasteiger partial charge in [0.25, 0.3) is 0 Å². The molecule has 1 unspecified atom stereocenters. The van der Waals surface area contributed by atoms with Crippen molar-refractivity contribution in [2.45, 2.75) is 32.0 Å². The monoisotopic (exact) mass is 250 g/mol. The van der Waals surface area contributed by atoms with Gasteiger partial charge in [-0.05, 0) is 6.92 Å². The van der Waals surface area contributed by atoms with Crippen LogP contribution >= 0.6 is 11.8 Å². The maximum atomic E-state index is 10.9. The molecule has 0 saturated carbocycles. The lowest BCUT2D eigenvalue weighted by Gasteiger charge is -2.23. The van der Waals surface area contributed by atoms with Gasteiger partial charge in [0.2, 0.25) is 6.29 Å². The summed E-state index contributed by atoms with van der Waals surface area (Å²) in [5, 5.41) is 0. The van der Waals surface area contributed by atoms with Crippen molar-refractivity contribution in [1.29, 1.82) is 0 Å². The second kappa shape index (κ2) is 8.55. The molecule has 0 amide bonds. The molecule has 0 bridgehead atoms. The zero-order chi connectivity index (χ0) is 12.6. The van der Waals surface area contributed by atoms with Gasteiger partial charge in [0, 0.05) is 33.3 Å². The summed E-state index contributed by atoms with van der Waals surface area (Å²) < 4.78 is 15.1. The number of esters is 1. The summed E-state index contributed by atoms with van der Waals surface area (Å²) in [6.07, 6.45) is -0.191. The van der Waals surface area contributed by atoms with E-state index in [4.69, 9.17) is 14.2 Å². The lowest BCUT2D eigenvalue weighted by atomic mass is 10.4. The highest BCUT2D eigenvalue weighted by Crippen LogP contribution is 2.20. The van der Waals surface area contributed by atoms with Crippen LogP contribution < -0.4 is 0 Å². The van der Waals surface area contributed by atoms with Gasteiger partial charge in [0.15, 0.2) is 5.44 Å². The molecular weight excluding hydrogens is 232 g/mol. The zero-order valence-electron chi connectivity index (χ0n) is 10.0. The van der Waals surface area contributed by atoms with Crippen LogP contribution in [0.5, 0.6) is 0 Å².